The molecule has 11 heteroatoms. The first kappa shape index (κ1) is 23.9. The van der Waals surface area contributed by atoms with E-state index < -0.39 is 15.4 Å². The van der Waals surface area contributed by atoms with Gasteiger partial charge in [0.25, 0.3) is 0 Å². The second-order valence-corrected chi connectivity index (χ2v) is 11.5. The number of sulfone groups is 1. The number of aromatic nitrogens is 4. The minimum atomic E-state index is -3.28. The molecule has 3 aromatic rings. The van der Waals surface area contributed by atoms with Crippen molar-refractivity contribution in [1.82, 2.24) is 24.6 Å². The summed E-state index contributed by atoms with van der Waals surface area (Å²) in [6.45, 7) is 7.56. The molecule has 2 aromatic heterocycles. The van der Waals surface area contributed by atoms with Crippen molar-refractivity contribution in [3.63, 3.8) is 0 Å². The number of hydrogen-bond donors (Lipinski definition) is 0. The third-order valence-electron chi connectivity index (χ3n) is 5.56. The van der Waals surface area contributed by atoms with Gasteiger partial charge in [-0.1, -0.05) is 0 Å². The Labute approximate surface area is 198 Å². The van der Waals surface area contributed by atoms with E-state index >= 15 is 0 Å². The minimum Gasteiger partial charge on any atom is -0.444 e. The summed E-state index contributed by atoms with van der Waals surface area (Å²) in [6, 6.07) is 6.17. The Morgan fingerprint density at radius 2 is 1.79 bits per heavy atom. The van der Waals surface area contributed by atoms with E-state index in [0.29, 0.717) is 48.2 Å². The van der Waals surface area contributed by atoms with Crippen molar-refractivity contribution >= 4 is 27.0 Å². The highest BCUT2D eigenvalue weighted by atomic mass is 32.2. The third-order valence-corrected chi connectivity index (χ3v) is 6.69. The predicted molar refractivity (Wildman–Crippen MR) is 125 cm³/mol. The van der Waals surface area contributed by atoms with Gasteiger partial charge in [0.1, 0.15) is 23.1 Å². The molecule has 0 N–H and O–H groups in total. The summed E-state index contributed by atoms with van der Waals surface area (Å²) in [6.07, 6.45) is 5.68. The van der Waals surface area contributed by atoms with Gasteiger partial charge in [0.15, 0.2) is 15.5 Å². The molecule has 1 aromatic carbocycles. The van der Waals surface area contributed by atoms with E-state index in [1.54, 1.807) is 23.2 Å². The molecule has 0 saturated carbocycles. The van der Waals surface area contributed by atoms with E-state index in [-0.39, 0.29) is 11.0 Å². The summed E-state index contributed by atoms with van der Waals surface area (Å²) >= 11 is 0. The molecule has 1 aliphatic heterocycles. The normalized spacial score (nSPS) is 15.5. The highest BCUT2D eigenvalue weighted by Crippen LogP contribution is 2.28. The summed E-state index contributed by atoms with van der Waals surface area (Å²) < 4.78 is 36.5. The van der Waals surface area contributed by atoms with Gasteiger partial charge in [-0.05, 0) is 63.8 Å². The van der Waals surface area contributed by atoms with Crippen molar-refractivity contribution < 1.29 is 22.7 Å². The molecular weight excluding hydrogens is 458 g/mol. The average Bonchev–Trinajstić information content (AvgIpc) is 3.17. The third kappa shape index (κ3) is 5.64. The molecule has 1 amide bonds. The van der Waals surface area contributed by atoms with Crippen LogP contribution in [0, 0.1) is 5.92 Å². The maximum Gasteiger partial charge on any atom is 0.410 e. The van der Waals surface area contributed by atoms with E-state index in [0.717, 1.165) is 19.1 Å². The van der Waals surface area contributed by atoms with Crippen LogP contribution in [0.5, 0.6) is 11.6 Å². The molecule has 4 rings (SSSR count). The second-order valence-electron chi connectivity index (χ2n) is 9.50. The summed E-state index contributed by atoms with van der Waals surface area (Å²) in [4.78, 5) is 22.9. The van der Waals surface area contributed by atoms with Gasteiger partial charge in [-0.15, -0.1) is 0 Å². The molecule has 10 nitrogen and oxygen atoms in total. The fourth-order valence-electron chi connectivity index (χ4n) is 3.82. The van der Waals surface area contributed by atoms with Gasteiger partial charge in [-0.25, -0.2) is 27.9 Å². The molecule has 0 atom stereocenters. The van der Waals surface area contributed by atoms with E-state index in [1.165, 1.54) is 18.5 Å². The molecule has 0 radical (unpaired) electrons. The average molecular weight is 488 g/mol. The molecule has 3 heterocycles. The number of benzene rings is 1. The van der Waals surface area contributed by atoms with Crippen LogP contribution in [0.3, 0.4) is 0 Å². The lowest BCUT2D eigenvalue weighted by Crippen LogP contribution is -2.42. The number of carbonyl (C=O) groups is 1. The van der Waals surface area contributed by atoms with E-state index in [9.17, 15) is 13.2 Å². The zero-order chi connectivity index (χ0) is 24.5. The number of amides is 1. The Morgan fingerprint density at radius 1 is 1.12 bits per heavy atom. The topological polar surface area (TPSA) is 117 Å². The molecule has 1 fully saturated rings. The maximum absolute atomic E-state index is 12.3. The Morgan fingerprint density at radius 3 is 2.41 bits per heavy atom. The zero-order valence-corrected chi connectivity index (χ0v) is 20.6. The van der Waals surface area contributed by atoms with Gasteiger partial charge in [-0.2, -0.15) is 5.10 Å². The quantitative estimate of drug-likeness (QED) is 0.535. The SMILES string of the molecule is CC(C)(C)OC(=O)N1CCC(Cn2ncc3c(Oc4ccc(S(C)(=O)=O)cc4)ncnc32)CC1. The van der Waals surface area contributed by atoms with Crippen LogP contribution in [-0.2, 0) is 21.1 Å². The number of rotatable bonds is 5. The van der Waals surface area contributed by atoms with Crippen molar-refractivity contribution in [2.24, 2.45) is 5.92 Å². The molecule has 34 heavy (non-hydrogen) atoms. The first-order valence-corrected chi connectivity index (χ1v) is 13.0. The molecule has 0 unspecified atom stereocenters. The van der Waals surface area contributed by atoms with Gasteiger partial charge < -0.3 is 14.4 Å². The first-order valence-electron chi connectivity index (χ1n) is 11.1. The Hall–Kier alpha value is -3.21. The standard InChI is InChI=1S/C23H29N5O5S/c1-23(2,3)33-22(29)27-11-9-16(10-12-27)14-28-20-19(13-26-28)21(25-15-24-20)32-17-5-7-18(8-6-17)34(4,30)31/h5-8,13,15-16H,9-12,14H2,1-4H3. The van der Waals surface area contributed by atoms with Crippen molar-refractivity contribution in [2.45, 2.75) is 50.7 Å². The van der Waals surface area contributed by atoms with Crippen molar-refractivity contribution in [1.29, 1.82) is 0 Å². The lowest BCUT2D eigenvalue weighted by Gasteiger charge is -2.33. The Balaban J connectivity index is 1.42. The number of piperidine rings is 1. The van der Waals surface area contributed by atoms with Gasteiger partial charge in [-0.3, -0.25) is 0 Å². The molecule has 1 aliphatic rings. The van der Waals surface area contributed by atoms with Gasteiger partial charge in [0.05, 0.1) is 11.1 Å². The predicted octanol–water partition coefficient (Wildman–Crippen LogP) is 3.67. The van der Waals surface area contributed by atoms with Crippen LogP contribution >= 0.6 is 0 Å². The Kier molecular flexibility index (Phi) is 6.48. The number of likely N-dealkylation sites (tertiary alicyclic amines) is 1. The lowest BCUT2D eigenvalue weighted by atomic mass is 9.97. The summed E-state index contributed by atoms with van der Waals surface area (Å²) in [5, 5.41) is 5.16. The second kappa shape index (κ2) is 9.21. The molecule has 0 spiro atoms. The molecule has 182 valence electrons. The lowest BCUT2D eigenvalue weighted by molar-refractivity contribution is 0.0177. The number of ether oxygens (including phenoxy) is 2. The van der Waals surface area contributed by atoms with Crippen molar-refractivity contribution in [3.8, 4) is 11.6 Å². The molecule has 0 aliphatic carbocycles. The van der Waals surface area contributed by atoms with Crippen LogP contribution < -0.4 is 4.74 Å². The monoisotopic (exact) mass is 487 g/mol. The highest BCUT2D eigenvalue weighted by Gasteiger charge is 2.27. The van der Waals surface area contributed by atoms with Gasteiger partial charge in [0.2, 0.25) is 5.88 Å². The van der Waals surface area contributed by atoms with Crippen LogP contribution in [0.4, 0.5) is 4.79 Å². The van der Waals surface area contributed by atoms with E-state index in [4.69, 9.17) is 9.47 Å². The number of hydrogen-bond acceptors (Lipinski definition) is 8. The van der Waals surface area contributed by atoms with Crippen molar-refractivity contribution in [2.75, 3.05) is 19.3 Å². The van der Waals surface area contributed by atoms with Crippen LogP contribution in [0.1, 0.15) is 33.6 Å². The van der Waals surface area contributed by atoms with E-state index in [1.807, 2.05) is 25.5 Å². The number of carbonyl (C=O) groups excluding carboxylic acids is 1. The summed E-state index contributed by atoms with van der Waals surface area (Å²) in [7, 11) is -3.28. The molecule has 0 bridgehead atoms. The highest BCUT2D eigenvalue weighted by molar-refractivity contribution is 7.90. The zero-order valence-electron chi connectivity index (χ0n) is 19.8. The number of fused-ring (bicyclic) bond motifs is 1. The molecule has 1 saturated heterocycles. The summed E-state index contributed by atoms with van der Waals surface area (Å²) in [5.74, 6) is 1.17. The molecular formula is C23H29N5O5S. The van der Waals surface area contributed by atoms with Gasteiger partial charge in [0, 0.05) is 25.9 Å². The van der Waals surface area contributed by atoms with E-state index in [2.05, 4.69) is 15.1 Å². The maximum atomic E-state index is 12.3. The Bertz CT molecular complexity index is 1270. The van der Waals surface area contributed by atoms with Crippen LogP contribution in [0.2, 0.25) is 0 Å². The fourth-order valence-corrected chi connectivity index (χ4v) is 4.45. The smallest absolute Gasteiger partial charge is 0.410 e. The van der Waals surface area contributed by atoms with Crippen LogP contribution in [0.25, 0.3) is 11.0 Å². The van der Waals surface area contributed by atoms with Crippen molar-refractivity contribution in [3.05, 3.63) is 36.8 Å². The largest absolute Gasteiger partial charge is 0.444 e. The summed E-state index contributed by atoms with van der Waals surface area (Å²) in [5.41, 5.74) is 0.157. The van der Waals surface area contributed by atoms with Gasteiger partial charge >= 0.3 is 6.09 Å². The number of nitrogens with zero attached hydrogens (tertiary/aromatic N) is 5. The van der Waals surface area contributed by atoms with Crippen LogP contribution in [-0.4, -0.2) is 64.1 Å². The first-order chi connectivity index (χ1) is 16.0. The fraction of sp³-hybridized carbons (Fsp3) is 0.478. The van der Waals surface area contributed by atoms with Crippen LogP contribution in [0.15, 0.2) is 41.7 Å². The minimum absolute atomic E-state index is 0.221.